The van der Waals surface area contributed by atoms with Gasteiger partial charge in [0.1, 0.15) is 6.04 Å². The van der Waals surface area contributed by atoms with E-state index < -0.39 is 12.0 Å². The van der Waals surface area contributed by atoms with Crippen molar-refractivity contribution in [1.82, 2.24) is 4.90 Å². The SMILES string of the molecule is COC(=O)c1ccccc1NC(=O)[C@H](C)N1Cc2ccccc2C1=O. The highest BCUT2D eigenvalue weighted by atomic mass is 16.5. The second-order valence-electron chi connectivity index (χ2n) is 5.79. The maximum absolute atomic E-state index is 12.6. The summed E-state index contributed by atoms with van der Waals surface area (Å²) in [5.74, 6) is -1.06. The number of para-hydroxylation sites is 1. The Hall–Kier alpha value is -3.15. The van der Waals surface area contributed by atoms with Gasteiger partial charge in [0, 0.05) is 12.1 Å². The van der Waals surface area contributed by atoms with Crippen molar-refractivity contribution in [2.24, 2.45) is 0 Å². The van der Waals surface area contributed by atoms with Crippen molar-refractivity contribution < 1.29 is 19.1 Å². The van der Waals surface area contributed by atoms with E-state index in [0.717, 1.165) is 5.56 Å². The van der Waals surface area contributed by atoms with Gasteiger partial charge in [-0.3, -0.25) is 9.59 Å². The van der Waals surface area contributed by atoms with Gasteiger partial charge >= 0.3 is 5.97 Å². The summed E-state index contributed by atoms with van der Waals surface area (Å²) >= 11 is 0. The molecule has 0 saturated heterocycles. The number of nitrogens with zero attached hydrogens (tertiary/aromatic N) is 1. The first-order valence-electron chi connectivity index (χ1n) is 7.90. The molecule has 2 aromatic carbocycles. The Balaban J connectivity index is 1.77. The van der Waals surface area contributed by atoms with E-state index in [1.807, 2.05) is 12.1 Å². The van der Waals surface area contributed by atoms with Gasteiger partial charge in [-0.1, -0.05) is 30.3 Å². The van der Waals surface area contributed by atoms with Crippen LogP contribution in [0, 0.1) is 0 Å². The van der Waals surface area contributed by atoms with Crippen molar-refractivity contribution in [3.05, 3.63) is 65.2 Å². The number of ether oxygens (including phenoxy) is 1. The molecular formula is C19H18N2O4. The van der Waals surface area contributed by atoms with E-state index in [2.05, 4.69) is 5.32 Å². The van der Waals surface area contributed by atoms with Gasteiger partial charge in [0.2, 0.25) is 5.91 Å². The van der Waals surface area contributed by atoms with Gasteiger partial charge in [0.05, 0.1) is 18.4 Å². The second-order valence-corrected chi connectivity index (χ2v) is 5.79. The number of carbonyl (C=O) groups excluding carboxylic acids is 3. The Morgan fingerprint density at radius 1 is 1.12 bits per heavy atom. The molecule has 0 spiro atoms. The van der Waals surface area contributed by atoms with Crippen molar-refractivity contribution in [2.45, 2.75) is 19.5 Å². The molecule has 6 heteroatoms. The zero-order valence-electron chi connectivity index (χ0n) is 14.0. The smallest absolute Gasteiger partial charge is 0.339 e. The fourth-order valence-electron chi connectivity index (χ4n) is 2.85. The largest absolute Gasteiger partial charge is 0.465 e. The number of nitrogens with one attached hydrogen (secondary N) is 1. The Bertz CT molecular complexity index is 847. The molecule has 1 aliphatic rings. The summed E-state index contributed by atoms with van der Waals surface area (Å²) in [6.45, 7) is 2.06. The Morgan fingerprint density at radius 2 is 1.80 bits per heavy atom. The van der Waals surface area contributed by atoms with Crippen LogP contribution in [0.3, 0.4) is 0 Å². The first-order chi connectivity index (χ1) is 12.0. The van der Waals surface area contributed by atoms with E-state index in [4.69, 9.17) is 4.74 Å². The number of carbonyl (C=O) groups is 3. The zero-order valence-corrected chi connectivity index (χ0v) is 14.0. The number of hydrogen-bond donors (Lipinski definition) is 1. The third-order valence-corrected chi connectivity index (χ3v) is 4.29. The number of hydrogen-bond acceptors (Lipinski definition) is 4. The summed E-state index contributed by atoms with van der Waals surface area (Å²) < 4.78 is 4.72. The quantitative estimate of drug-likeness (QED) is 0.869. The molecule has 128 valence electrons. The van der Waals surface area contributed by atoms with Crippen LogP contribution in [0.1, 0.15) is 33.2 Å². The highest BCUT2D eigenvalue weighted by Crippen LogP contribution is 2.25. The van der Waals surface area contributed by atoms with Gasteiger partial charge in [-0.2, -0.15) is 0 Å². The minimum Gasteiger partial charge on any atom is -0.465 e. The number of fused-ring (bicyclic) bond motifs is 1. The molecule has 0 radical (unpaired) electrons. The molecule has 0 fully saturated rings. The van der Waals surface area contributed by atoms with Crippen LogP contribution < -0.4 is 5.32 Å². The summed E-state index contributed by atoms with van der Waals surface area (Å²) in [6, 6.07) is 13.2. The fraction of sp³-hybridized carbons (Fsp3) is 0.211. The first-order valence-corrected chi connectivity index (χ1v) is 7.90. The van der Waals surface area contributed by atoms with Crippen LogP contribution in [0.25, 0.3) is 0 Å². The molecule has 1 N–H and O–H groups in total. The lowest BCUT2D eigenvalue weighted by atomic mass is 10.1. The molecule has 0 bridgehead atoms. The van der Waals surface area contributed by atoms with Gasteiger partial charge in [0.15, 0.2) is 0 Å². The lowest BCUT2D eigenvalue weighted by molar-refractivity contribution is -0.120. The molecule has 0 saturated carbocycles. The summed E-state index contributed by atoms with van der Waals surface area (Å²) in [7, 11) is 1.28. The third kappa shape index (κ3) is 3.10. The van der Waals surface area contributed by atoms with E-state index in [-0.39, 0.29) is 17.4 Å². The molecule has 2 amide bonds. The summed E-state index contributed by atoms with van der Waals surface area (Å²) in [6.07, 6.45) is 0. The fourth-order valence-corrected chi connectivity index (χ4v) is 2.85. The second kappa shape index (κ2) is 6.76. The third-order valence-electron chi connectivity index (χ3n) is 4.29. The maximum atomic E-state index is 12.6. The normalized spacial score (nSPS) is 14.0. The van der Waals surface area contributed by atoms with E-state index >= 15 is 0 Å². The predicted octanol–water partition coefficient (Wildman–Crippen LogP) is 2.46. The van der Waals surface area contributed by atoms with Crippen LogP contribution in [-0.4, -0.2) is 35.8 Å². The molecular weight excluding hydrogens is 320 g/mol. The van der Waals surface area contributed by atoms with Gasteiger partial charge in [-0.25, -0.2) is 4.79 Å². The number of esters is 1. The average Bonchev–Trinajstić information content (AvgIpc) is 2.98. The van der Waals surface area contributed by atoms with E-state index in [1.165, 1.54) is 12.0 Å². The lowest BCUT2D eigenvalue weighted by Gasteiger charge is -2.23. The number of rotatable bonds is 4. The standard InChI is InChI=1S/C19H18N2O4/c1-12(21-11-13-7-3-4-8-14(13)18(21)23)17(22)20-16-10-6-5-9-15(16)19(24)25-2/h3-10,12H,11H2,1-2H3,(H,20,22)/t12-/m0/s1. The van der Waals surface area contributed by atoms with Crippen molar-refractivity contribution in [3.8, 4) is 0 Å². The van der Waals surface area contributed by atoms with E-state index in [0.29, 0.717) is 17.8 Å². The highest BCUT2D eigenvalue weighted by molar-refractivity contribution is 6.05. The molecule has 0 unspecified atom stereocenters. The average molecular weight is 338 g/mol. The molecule has 1 atom stereocenters. The van der Waals surface area contributed by atoms with Crippen LogP contribution in [-0.2, 0) is 16.1 Å². The Morgan fingerprint density at radius 3 is 2.52 bits per heavy atom. The number of amides is 2. The lowest BCUT2D eigenvalue weighted by Crippen LogP contribution is -2.42. The Labute approximate surface area is 145 Å². The number of benzene rings is 2. The van der Waals surface area contributed by atoms with Crippen LogP contribution in [0.5, 0.6) is 0 Å². The molecule has 1 heterocycles. The van der Waals surface area contributed by atoms with Crippen molar-refractivity contribution in [2.75, 3.05) is 12.4 Å². The summed E-state index contributed by atoms with van der Waals surface area (Å²) in [5, 5.41) is 2.72. The molecule has 0 aliphatic carbocycles. The highest BCUT2D eigenvalue weighted by Gasteiger charge is 2.33. The predicted molar refractivity (Wildman–Crippen MR) is 92.2 cm³/mol. The van der Waals surface area contributed by atoms with Crippen molar-refractivity contribution >= 4 is 23.5 Å². The molecule has 3 rings (SSSR count). The number of anilines is 1. The zero-order chi connectivity index (χ0) is 18.0. The van der Waals surface area contributed by atoms with Gasteiger partial charge < -0.3 is 15.0 Å². The van der Waals surface area contributed by atoms with Gasteiger partial charge in [-0.15, -0.1) is 0 Å². The minimum atomic E-state index is -0.675. The minimum absolute atomic E-state index is 0.167. The van der Waals surface area contributed by atoms with E-state index in [9.17, 15) is 14.4 Å². The van der Waals surface area contributed by atoms with Gasteiger partial charge in [-0.05, 0) is 30.7 Å². The monoisotopic (exact) mass is 338 g/mol. The van der Waals surface area contributed by atoms with Crippen LogP contribution in [0.2, 0.25) is 0 Å². The Kier molecular flexibility index (Phi) is 4.52. The number of methoxy groups -OCH3 is 1. The van der Waals surface area contributed by atoms with Crippen LogP contribution in [0.15, 0.2) is 48.5 Å². The molecule has 2 aromatic rings. The van der Waals surface area contributed by atoms with Crippen LogP contribution >= 0.6 is 0 Å². The van der Waals surface area contributed by atoms with Crippen LogP contribution in [0.4, 0.5) is 5.69 Å². The molecule has 6 nitrogen and oxygen atoms in total. The molecule has 25 heavy (non-hydrogen) atoms. The van der Waals surface area contributed by atoms with Gasteiger partial charge in [0.25, 0.3) is 5.91 Å². The van der Waals surface area contributed by atoms with E-state index in [1.54, 1.807) is 43.3 Å². The summed E-state index contributed by atoms with van der Waals surface area (Å²) in [4.78, 5) is 38.4. The first kappa shape index (κ1) is 16.7. The molecule has 0 aromatic heterocycles. The summed E-state index contributed by atoms with van der Waals surface area (Å²) in [5.41, 5.74) is 2.15. The van der Waals surface area contributed by atoms with Crippen molar-refractivity contribution in [1.29, 1.82) is 0 Å². The topological polar surface area (TPSA) is 75.7 Å². The maximum Gasteiger partial charge on any atom is 0.339 e. The molecule has 1 aliphatic heterocycles. The van der Waals surface area contributed by atoms with Crippen molar-refractivity contribution in [3.63, 3.8) is 0 Å².